The Labute approximate surface area is 129 Å². The van der Waals surface area contributed by atoms with Crippen LogP contribution < -0.4 is 0 Å². The van der Waals surface area contributed by atoms with Gasteiger partial charge in [0.2, 0.25) is 0 Å². The third-order valence-electron chi connectivity index (χ3n) is 4.10. The lowest BCUT2D eigenvalue weighted by atomic mass is 9.68. The van der Waals surface area contributed by atoms with Crippen molar-refractivity contribution in [3.63, 3.8) is 0 Å². The van der Waals surface area contributed by atoms with Crippen molar-refractivity contribution in [3.05, 3.63) is 35.4 Å². The second-order valence-corrected chi connectivity index (χ2v) is 5.56. The van der Waals surface area contributed by atoms with Gasteiger partial charge in [0.15, 0.2) is 0 Å². The van der Waals surface area contributed by atoms with Gasteiger partial charge in [0.1, 0.15) is 6.10 Å². The third kappa shape index (κ3) is 3.11. The van der Waals surface area contributed by atoms with Crippen LogP contribution in [0.5, 0.6) is 0 Å². The molecule has 0 aliphatic heterocycles. The first-order valence-electron chi connectivity index (χ1n) is 7.29. The molecule has 1 aliphatic rings. The van der Waals surface area contributed by atoms with Gasteiger partial charge >= 0.3 is 11.9 Å². The summed E-state index contributed by atoms with van der Waals surface area (Å²) in [4.78, 5) is 23.2. The molecule has 1 aromatic carbocycles. The highest BCUT2D eigenvalue weighted by atomic mass is 16.5. The largest absolute Gasteiger partial charge is 0.465 e. The molecule has 1 aromatic rings. The molecule has 2 atom stereocenters. The van der Waals surface area contributed by atoms with Crippen LogP contribution in [-0.4, -0.2) is 25.2 Å². The highest BCUT2D eigenvalue weighted by Gasteiger charge is 2.41. The Morgan fingerprint density at radius 1 is 1.36 bits per heavy atom. The first-order valence-corrected chi connectivity index (χ1v) is 7.29. The van der Waals surface area contributed by atoms with Crippen LogP contribution in [0.1, 0.15) is 48.5 Å². The van der Waals surface area contributed by atoms with E-state index < -0.39 is 11.4 Å². The van der Waals surface area contributed by atoms with E-state index in [2.05, 4.69) is 6.07 Å². The quantitative estimate of drug-likeness (QED) is 0.802. The van der Waals surface area contributed by atoms with Crippen LogP contribution >= 0.6 is 0 Å². The molecule has 0 heterocycles. The minimum absolute atomic E-state index is 0.295. The van der Waals surface area contributed by atoms with Gasteiger partial charge in [-0.3, -0.25) is 4.79 Å². The van der Waals surface area contributed by atoms with E-state index in [1.807, 2.05) is 0 Å². The summed E-state index contributed by atoms with van der Waals surface area (Å²) in [5, 5.41) is 9.78. The SMILES string of the molecule is COC(=O)c1ccccc1C1(C#N)CCCC(OC(C)=O)C1. The smallest absolute Gasteiger partial charge is 0.338 e. The zero-order valence-corrected chi connectivity index (χ0v) is 12.8. The molecule has 2 rings (SSSR count). The molecule has 1 saturated carbocycles. The Bertz CT molecular complexity index is 619. The molecule has 116 valence electrons. The van der Waals surface area contributed by atoms with Crippen LogP contribution in [0.2, 0.25) is 0 Å². The lowest BCUT2D eigenvalue weighted by Crippen LogP contribution is -2.37. The Morgan fingerprint density at radius 2 is 2.09 bits per heavy atom. The number of ether oxygens (including phenoxy) is 2. The van der Waals surface area contributed by atoms with Gasteiger partial charge in [0.25, 0.3) is 0 Å². The van der Waals surface area contributed by atoms with Crippen LogP contribution in [-0.2, 0) is 19.7 Å². The summed E-state index contributed by atoms with van der Waals surface area (Å²) in [5.41, 5.74) is 0.222. The van der Waals surface area contributed by atoms with Gasteiger partial charge in [-0.1, -0.05) is 18.2 Å². The molecule has 0 bridgehead atoms. The number of hydrogen-bond acceptors (Lipinski definition) is 5. The van der Waals surface area contributed by atoms with Crippen molar-refractivity contribution in [1.82, 2.24) is 0 Å². The monoisotopic (exact) mass is 301 g/mol. The zero-order chi connectivity index (χ0) is 16.2. The van der Waals surface area contributed by atoms with Crippen molar-refractivity contribution >= 4 is 11.9 Å². The lowest BCUT2D eigenvalue weighted by molar-refractivity contribution is -0.148. The molecule has 2 unspecified atom stereocenters. The van der Waals surface area contributed by atoms with Crippen LogP contribution in [0, 0.1) is 11.3 Å². The summed E-state index contributed by atoms with van der Waals surface area (Å²) in [6.07, 6.45) is 2.24. The minimum atomic E-state index is -0.830. The number of methoxy groups -OCH3 is 1. The number of carbonyl (C=O) groups is 2. The fraction of sp³-hybridized carbons (Fsp3) is 0.471. The maximum Gasteiger partial charge on any atom is 0.338 e. The fourth-order valence-corrected chi connectivity index (χ4v) is 3.15. The normalized spacial score (nSPS) is 24.1. The van der Waals surface area contributed by atoms with E-state index in [9.17, 15) is 14.9 Å². The highest BCUT2D eigenvalue weighted by molar-refractivity contribution is 5.91. The topological polar surface area (TPSA) is 76.4 Å². The Kier molecular flexibility index (Phi) is 4.81. The summed E-state index contributed by atoms with van der Waals surface area (Å²) < 4.78 is 10.1. The summed E-state index contributed by atoms with van der Waals surface area (Å²) in [7, 11) is 1.32. The molecule has 0 amide bonds. The van der Waals surface area contributed by atoms with E-state index in [-0.39, 0.29) is 12.1 Å². The van der Waals surface area contributed by atoms with Crippen LogP contribution in [0.3, 0.4) is 0 Å². The fourth-order valence-electron chi connectivity index (χ4n) is 3.15. The number of rotatable bonds is 3. The van der Waals surface area contributed by atoms with Crippen molar-refractivity contribution in [2.75, 3.05) is 7.11 Å². The van der Waals surface area contributed by atoms with Gasteiger partial charge < -0.3 is 9.47 Å². The van der Waals surface area contributed by atoms with Crippen LogP contribution in [0.25, 0.3) is 0 Å². The molecule has 0 aromatic heterocycles. The predicted molar refractivity (Wildman–Crippen MR) is 79.1 cm³/mol. The van der Waals surface area contributed by atoms with Crippen molar-refractivity contribution in [3.8, 4) is 6.07 Å². The molecular weight excluding hydrogens is 282 g/mol. The molecule has 0 spiro atoms. The van der Waals surface area contributed by atoms with Crippen molar-refractivity contribution in [2.24, 2.45) is 0 Å². The summed E-state index contributed by atoms with van der Waals surface area (Å²) in [6.45, 7) is 1.37. The minimum Gasteiger partial charge on any atom is -0.465 e. The highest BCUT2D eigenvalue weighted by Crippen LogP contribution is 2.41. The van der Waals surface area contributed by atoms with Crippen molar-refractivity contribution < 1.29 is 19.1 Å². The van der Waals surface area contributed by atoms with Crippen molar-refractivity contribution in [1.29, 1.82) is 5.26 Å². The molecule has 5 nitrogen and oxygen atoms in total. The summed E-state index contributed by atoms with van der Waals surface area (Å²) >= 11 is 0. The van der Waals surface area contributed by atoms with Gasteiger partial charge in [-0.05, 0) is 30.9 Å². The van der Waals surface area contributed by atoms with E-state index in [0.29, 0.717) is 24.0 Å². The number of carbonyl (C=O) groups excluding carboxylic acids is 2. The average Bonchev–Trinajstić information content (AvgIpc) is 2.53. The second-order valence-electron chi connectivity index (χ2n) is 5.56. The van der Waals surface area contributed by atoms with Gasteiger partial charge in [-0.15, -0.1) is 0 Å². The number of nitriles is 1. The van der Waals surface area contributed by atoms with Crippen LogP contribution in [0.15, 0.2) is 24.3 Å². The Balaban J connectivity index is 2.41. The second kappa shape index (κ2) is 6.61. The zero-order valence-electron chi connectivity index (χ0n) is 12.8. The van der Waals surface area contributed by atoms with E-state index in [1.165, 1.54) is 14.0 Å². The molecule has 1 aliphatic carbocycles. The standard InChI is InChI=1S/C17H19NO4/c1-12(19)22-13-6-5-9-17(10-13,11-18)15-8-4-3-7-14(15)16(20)21-2/h3-4,7-8,13H,5-6,9-10H2,1-2H3. The molecule has 1 fully saturated rings. The number of benzene rings is 1. The van der Waals surface area contributed by atoms with E-state index in [1.54, 1.807) is 24.3 Å². The molecule has 5 heteroatoms. The summed E-state index contributed by atoms with van der Waals surface area (Å²) in [6, 6.07) is 9.35. The number of hydrogen-bond donors (Lipinski definition) is 0. The van der Waals surface area contributed by atoms with Gasteiger partial charge in [-0.25, -0.2) is 4.79 Å². The Hall–Kier alpha value is -2.35. The van der Waals surface area contributed by atoms with E-state index in [0.717, 1.165) is 12.8 Å². The predicted octanol–water partition coefficient (Wildman–Crippen LogP) is 2.74. The van der Waals surface area contributed by atoms with Gasteiger partial charge in [-0.2, -0.15) is 5.26 Å². The number of esters is 2. The average molecular weight is 301 g/mol. The number of nitrogens with zero attached hydrogens (tertiary/aromatic N) is 1. The van der Waals surface area contributed by atoms with Crippen LogP contribution in [0.4, 0.5) is 0 Å². The summed E-state index contributed by atoms with van der Waals surface area (Å²) in [5.74, 6) is -0.806. The first-order chi connectivity index (χ1) is 10.5. The third-order valence-corrected chi connectivity index (χ3v) is 4.10. The molecule has 22 heavy (non-hydrogen) atoms. The Morgan fingerprint density at radius 3 is 2.73 bits per heavy atom. The molecule has 0 N–H and O–H groups in total. The molecular formula is C17H19NO4. The van der Waals surface area contributed by atoms with E-state index in [4.69, 9.17) is 9.47 Å². The van der Waals surface area contributed by atoms with Gasteiger partial charge in [0.05, 0.1) is 24.2 Å². The van der Waals surface area contributed by atoms with Gasteiger partial charge in [0, 0.05) is 13.3 Å². The first kappa shape index (κ1) is 16.0. The maximum absolute atomic E-state index is 12.0. The molecule has 0 radical (unpaired) electrons. The van der Waals surface area contributed by atoms with E-state index >= 15 is 0 Å². The van der Waals surface area contributed by atoms with Crippen molar-refractivity contribution in [2.45, 2.75) is 44.1 Å². The maximum atomic E-state index is 12.0. The lowest BCUT2D eigenvalue weighted by Gasteiger charge is -2.36. The molecule has 0 saturated heterocycles.